The molecular formula is C25H21F3N2O10. The Hall–Kier alpha value is -5.34. The molecule has 40 heavy (non-hydrogen) atoms. The smallest absolute Gasteiger partial charge is 0.338 e. The highest BCUT2D eigenvalue weighted by Gasteiger charge is 2.24. The fraction of sp³-hybridized carbons (Fsp3) is 0.160. The van der Waals surface area contributed by atoms with Gasteiger partial charge in [0.1, 0.15) is 5.82 Å². The Bertz CT molecular complexity index is 1490. The first-order chi connectivity index (χ1) is 18.5. The Balaban J connectivity index is 0.000000304. The monoisotopic (exact) mass is 566 g/mol. The highest BCUT2D eigenvalue weighted by Crippen LogP contribution is 2.26. The molecule has 0 aliphatic carbocycles. The Morgan fingerprint density at radius 1 is 0.725 bits per heavy atom. The molecule has 0 aliphatic heterocycles. The lowest BCUT2D eigenvalue weighted by Crippen LogP contribution is -2.07. The van der Waals surface area contributed by atoms with Crippen LogP contribution in [0.4, 0.5) is 24.5 Å². The van der Waals surface area contributed by atoms with E-state index in [0.717, 1.165) is 37.4 Å². The van der Waals surface area contributed by atoms with Crippen LogP contribution in [0.15, 0.2) is 42.5 Å². The molecule has 0 aliphatic rings. The molecule has 0 bridgehead atoms. The van der Waals surface area contributed by atoms with Crippen molar-refractivity contribution in [1.82, 2.24) is 0 Å². The molecular weight excluding hydrogens is 545 g/mol. The highest BCUT2D eigenvalue weighted by atomic mass is 19.1. The van der Waals surface area contributed by atoms with E-state index in [2.05, 4.69) is 4.74 Å². The van der Waals surface area contributed by atoms with Crippen molar-refractivity contribution in [1.29, 1.82) is 0 Å². The predicted molar refractivity (Wildman–Crippen MR) is 132 cm³/mol. The number of esters is 1. The summed E-state index contributed by atoms with van der Waals surface area (Å²) >= 11 is 0. The molecule has 0 saturated heterocycles. The van der Waals surface area contributed by atoms with Gasteiger partial charge in [-0.1, -0.05) is 0 Å². The number of nitrogens with zero attached hydrogens (tertiary/aromatic N) is 2. The first-order valence-electron chi connectivity index (χ1n) is 10.7. The molecule has 0 heterocycles. The number of carboxylic acids is 2. The summed E-state index contributed by atoms with van der Waals surface area (Å²) in [6.45, 7) is 4.06. The number of carboxylic acid groups (broad SMARTS) is 2. The van der Waals surface area contributed by atoms with Gasteiger partial charge in [0, 0.05) is 11.1 Å². The zero-order chi connectivity index (χ0) is 30.9. The zero-order valence-corrected chi connectivity index (χ0v) is 21.2. The van der Waals surface area contributed by atoms with E-state index < -0.39 is 56.6 Å². The largest absolute Gasteiger partial charge is 0.478 e. The molecule has 12 nitrogen and oxygen atoms in total. The second-order valence-corrected chi connectivity index (χ2v) is 7.71. The maximum absolute atomic E-state index is 13.1. The topological polar surface area (TPSA) is 187 Å². The van der Waals surface area contributed by atoms with E-state index in [1.807, 2.05) is 0 Å². The van der Waals surface area contributed by atoms with Crippen molar-refractivity contribution >= 4 is 29.3 Å². The lowest BCUT2D eigenvalue weighted by Gasteiger charge is -2.04. The van der Waals surface area contributed by atoms with Gasteiger partial charge in [-0.15, -0.1) is 0 Å². The molecule has 15 heteroatoms. The minimum Gasteiger partial charge on any atom is -0.478 e. The summed E-state index contributed by atoms with van der Waals surface area (Å²) in [5.41, 5.74) is -1.38. The number of halogens is 3. The second kappa shape index (κ2) is 14.0. The zero-order valence-electron chi connectivity index (χ0n) is 21.2. The summed E-state index contributed by atoms with van der Waals surface area (Å²) < 4.78 is 42.8. The van der Waals surface area contributed by atoms with Gasteiger partial charge >= 0.3 is 29.3 Å². The molecule has 2 N–H and O–H groups in total. The molecule has 0 saturated carbocycles. The normalized spacial score (nSPS) is 9.78. The van der Waals surface area contributed by atoms with E-state index in [0.29, 0.717) is 5.56 Å². The van der Waals surface area contributed by atoms with Crippen LogP contribution in [-0.2, 0) is 4.74 Å². The van der Waals surface area contributed by atoms with Gasteiger partial charge < -0.3 is 14.9 Å². The van der Waals surface area contributed by atoms with Gasteiger partial charge in [-0.3, -0.25) is 20.2 Å². The first kappa shape index (κ1) is 32.7. The van der Waals surface area contributed by atoms with Crippen molar-refractivity contribution < 1.29 is 52.4 Å². The average Bonchev–Trinajstić information content (AvgIpc) is 2.83. The molecule has 0 radical (unpaired) electrons. The maximum atomic E-state index is 13.1. The third kappa shape index (κ3) is 8.08. The van der Waals surface area contributed by atoms with Crippen LogP contribution in [0.3, 0.4) is 0 Å². The standard InChI is InChI=1S/C9H8FNO4.C8H6FNO4.C8H7FO2/c1-5-6(9(12)15-2)3-4-7(10)8(5)11(13)14;1-4-5(8(11)12)2-3-6(9)7(4)10(13)14;1-5-4-6(9)2-3-7(5)8(10)11/h3-4H,1-2H3;2-3H,1H3,(H,11,12);2-4H,1H3,(H,10,11). The van der Waals surface area contributed by atoms with Crippen molar-refractivity contribution in [3.63, 3.8) is 0 Å². The van der Waals surface area contributed by atoms with Crippen LogP contribution in [0, 0.1) is 58.5 Å². The number of benzene rings is 3. The van der Waals surface area contributed by atoms with E-state index in [-0.39, 0.29) is 27.8 Å². The number of carbonyl (C=O) groups is 3. The number of nitro benzene ring substituents is 2. The quantitative estimate of drug-likeness (QED) is 0.230. The van der Waals surface area contributed by atoms with Crippen LogP contribution in [-0.4, -0.2) is 45.1 Å². The third-order valence-corrected chi connectivity index (χ3v) is 5.18. The summed E-state index contributed by atoms with van der Waals surface area (Å²) in [6.07, 6.45) is 0. The number of carbonyl (C=O) groups excluding carboxylic acids is 1. The highest BCUT2D eigenvalue weighted by molar-refractivity contribution is 5.92. The number of ether oxygens (including phenoxy) is 1. The first-order valence-corrected chi connectivity index (χ1v) is 10.7. The number of hydrogen-bond acceptors (Lipinski definition) is 8. The summed E-state index contributed by atoms with van der Waals surface area (Å²) in [7, 11) is 1.15. The average molecular weight is 566 g/mol. The van der Waals surface area contributed by atoms with Crippen molar-refractivity contribution in [2.24, 2.45) is 0 Å². The van der Waals surface area contributed by atoms with Gasteiger partial charge in [-0.05, 0) is 68.8 Å². The Labute approximate surface area is 223 Å². The van der Waals surface area contributed by atoms with E-state index in [1.54, 1.807) is 6.92 Å². The number of hydrogen-bond donors (Lipinski definition) is 2. The fourth-order valence-electron chi connectivity index (χ4n) is 3.21. The number of methoxy groups -OCH3 is 1. The predicted octanol–water partition coefficient (Wildman–Crippen LogP) is 5.40. The molecule has 0 aromatic heterocycles. The molecule has 212 valence electrons. The minimum atomic E-state index is -1.31. The summed E-state index contributed by atoms with van der Waals surface area (Å²) in [6, 6.07) is 7.39. The molecule has 0 fully saturated rings. The molecule has 0 amide bonds. The SMILES string of the molecule is COC(=O)c1ccc(F)c([N+](=O)[O-])c1C.Cc1c(C(=O)O)ccc(F)c1[N+](=O)[O-].Cc1cc(F)ccc1C(=O)O. The maximum Gasteiger partial charge on any atom is 0.338 e. The third-order valence-electron chi connectivity index (χ3n) is 5.18. The molecule has 0 unspecified atom stereocenters. The van der Waals surface area contributed by atoms with Gasteiger partial charge in [0.2, 0.25) is 11.6 Å². The van der Waals surface area contributed by atoms with Gasteiger partial charge in [-0.2, -0.15) is 8.78 Å². The van der Waals surface area contributed by atoms with E-state index >= 15 is 0 Å². The Morgan fingerprint density at radius 3 is 1.50 bits per heavy atom. The summed E-state index contributed by atoms with van der Waals surface area (Å²) in [4.78, 5) is 51.2. The van der Waals surface area contributed by atoms with E-state index in [1.165, 1.54) is 26.0 Å². The van der Waals surface area contributed by atoms with Gasteiger partial charge in [0.05, 0.1) is 33.6 Å². The summed E-state index contributed by atoms with van der Waals surface area (Å²) in [5.74, 6) is -5.47. The van der Waals surface area contributed by atoms with Gasteiger partial charge in [0.25, 0.3) is 0 Å². The fourth-order valence-corrected chi connectivity index (χ4v) is 3.21. The van der Waals surface area contributed by atoms with Crippen molar-refractivity contribution in [2.45, 2.75) is 20.8 Å². The molecule has 3 aromatic rings. The van der Waals surface area contributed by atoms with Crippen LogP contribution < -0.4 is 0 Å². The van der Waals surface area contributed by atoms with E-state index in [9.17, 15) is 47.8 Å². The number of aromatic carboxylic acids is 2. The molecule has 3 rings (SSSR count). The van der Waals surface area contributed by atoms with Crippen LogP contribution in [0.1, 0.15) is 47.8 Å². The Kier molecular flexibility index (Phi) is 11.4. The lowest BCUT2D eigenvalue weighted by atomic mass is 10.1. The second-order valence-electron chi connectivity index (χ2n) is 7.71. The van der Waals surface area contributed by atoms with Crippen molar-refractivity contribution in [3.8, 4) is 0 Å². The lowest BCUT2D eigenvalue weighted by molar-refractivity contribution is -0.388. The number of nitro groups is 2. The van der Waals surface area contributed by atoms with Crippen LogP contribution in [0.5, 0.6) is 0 Å². The van der Waals surface area contributed by atoms with E-state index in [4.69, 9.17) is 10.2 Å². The summed E-state index contributed by atoms with van der Waals surface area (Å²) in [5, 5.41) is 38.1. The molecule has 0 spiro atoms. The van der Waals surface area contributed by atoms with Crippen LogP contribution >= 0.6 is 0 Å². The molecule has 0 atom stereocenters. The van der Waals surface area contributed by atoms with Gasteiger partial charge in [0.15, 0.2) is 0 Å². The number of aryl methyl sites for hydroxylation is 1. The van der Waals surface area contributed by atoms with Crippen molar-refractivity contribution in [3.05, 3.63) is 114 Å². The van der Waals surface area contributed by atoms with Crippen LogP contribution in [0.25, 0.3) is 0 Å². The van der Waals surface area contributed by atoms with Crippen LogP contribution in [0.2, 0.25) is 0 Å². The Morgan fingerprint density at radius 2 is 1.12 bits per heavy atom. The minimum absolute atomic E-state index is 0.00870. The molecule has 3 aromatic carbocycles. The number of rotatable bonds is 5. The van der Waals surface area contributed by atoms with Gasteiger partial charge in [-0.25, -0.2) is 18.8 Å². The van der Waals surface area contributed by atoms with Crippen molar-refractivity contribution in [2.75, 3.05) is 7.11 Å².